The van der Waals surface area contributed by atoms with E-state index in [1.807, 2.05) is 0 Å². The molecule has 8 unspecified atom stereocenters. The van der Waals surface area contributed by atoms with E-state index in [0.29, 0.717) is 18.0 Å². The first-order valence-corrected chi connectivity index (χ1v) is 31.6. The average molecular weight is 1470 g/mol. The number of carbonyl (C=O) groups excluding carboxylic acids is 1. The van der Waals surface area contributed by atoms with E-state index in [2.05, 4.69) is 5.48 Å². The predicted octanol–water partition coefficient (Wildman–Crippen LogP) is -17.6. The zero-order valence-electron chi connectivity index (χ0n) is 53.6. The summed E-state index contributed by atoms with van der Waals surface area (Å²) in [6.07, 6.45) is -21.7. The van der Waals surface area contributed by atoms with Crippen LogP contribution in [0.1, 0.15) is 13.3 Å². The molecule has 0 saturated carbocycles. The number of hydrogen-bond acceptors (Lipinski definition) is 43. The van der Waals surface area contributed by atoms with Crippen LogP contribution < -0.4 is 5.48 Å². The van der Waals surface area contributed by atoms with Gasteiger partial charge in [-0.2, -0.15) is 10.5 Å². The summed E-state index contributed by atoms with van der Waals surface area (Å²) in [7, 11) is 4.78. The Hall–Kier alpha value is -2.28. The molecule has 16 bridgehead atoms. The monoisotopic (exact) mass is 1470 g/mol. The number of hydroxylamine groups is 3. The number of hydrogen-bond donors (Lipinski definition) is 25. The van der Waals surface area contributed by atoms with E-state index in [4.69, 9.17) is 129 Å². The second-order valence-electron chi connectivity index (χ2n) is 26.2. The number of likely N-dealkylation sites (N-methyl/N-ethyl adjacent to an activating group) is 3. The molecule has 16 fully saturated rings. The fraction of sp³-hybridized carbons (Fsp3) is 0.963. The minimum atomic E-state index is -1.64. The summed E-state index contributed by atoms with van der Waals surface area (Å²) < 4.78 is 65.3. The molecule has 16 aliphatic rings. The van der Waals surface area contributed by atoms with Gasteiger partial charge in [-0.15, -0.1) is 0 Å². The lowest BCUT2D eigenvalue weighted by molar-refractivity contribution is -0.259. The van der Waals surface area contributed by atoms with E-state index in [1.165, 1.54) is 17.0 Å². The number of carbonyl (C=O) groups is 1. The Morgan fingerprint density at radius 2 is 0.889 bits per heavy atom. The van der Waals surface area contributed by atoms with Crippen molar-refractivity contribution in [3.63, 3.8) is 0 Å². The van der Waals surface area contributed by atoms with Crippen LogP contribution in [0.15, 0.2) is 0 Å². The van der Waals surface area contributed by atoms with E-state index in [9.17, 15) is 81.4 Å². The van der Waals surface area contributed by atoms with E-state index >= 15 is 0 Å². The van der Waals surface area contributed by atoms with Crippen LogP contribution in [0.2, 0.25) is 0 Å². The van der Waals surface area contributed by atoms with E-state index < -0.39 is 218 Å². The Morgan fingerprint density at radius 3 is 1.34 bits per heavy atom. The highest BCUT2D eigenvalue weighted by Gasteiger charge is 2.70. The van der Waals surface area contributed by atoms with Crippen LogP contribution in [0.3, 0.4) is 0 Å². The summed E-state index contributed by atoms with van der Waals surface area (Å²) in [6, 6.07) is -1.32. The minimum Gasteiger partial charge on any atom is -0.393 e. The molecular formula is C54H92N4O40S. The van der Waals surface area contributed by atoms with Crippen molar-refractivity contribution in [3.05, 3.63) is 0 Å². The van der Waals surface area contributed by atoms with Crippen molar-refractivity contribution in [3.8, 4) is 0 Å². The average Bonchev–Trinajstić information content (AvgIpc) is 1.64. The number of rotatable bonds is 8. The first-order valence-electron chi connectivity index (χ1n) is 31.1. The Bertz CT molecular complexity index is 2610. The summed E-state index contributed by atoms with van der Waals surface area (Å²) in [4.78, 5) is 24.5. The van der Waals surface area contributed by atoms with Crippen molar-refractivity contribution in [1.82, 2.24) is 20.3 Å². The number of amides is 1. The van der Waals surface area contributed by atoms with Crippen LogP contribution >= 0.6 is 12.2 Å². The van der Waals surface area contributed by atoms with Crippen molar-refractivity contribution in [2.24, 2.45) is 0 Å². The zero-order valence-corrected chi connectivity index (χ0v) is 54.4. The van der Waals surface area contributed by atoms with Gasteiger partial charge in [0.25, 0.3) is 5.91 Å². The maximum atomic E-state index is 11.4. The second kappa shape index (κ2) is 30.9. The molecule has 1 amide bonds. The highest BCUT2D eigenvalue weighted by Crippen LogP contribution is 2.46. The van der Waals surface area contributed by atoms with Gasteiger partial charge >= 0.3 is 0 Å². The molecular weight excluding hydrogens is 1380 g/mol. The first-order chi connectivity index (χ1) is 46.6. The third-order valence-electron chi connectivity index (χ3n) is 20.5. The molecule has 25 N–H and O–H groups in total. The highest BCUT2D eigenvalue weighted by atomic mass is 32.1. The highest BCUT2D eigenvalue weighted by molar-refractivity contribution is 7.80. The fourth-order valence-electron chi connectivity index (χ4n) is 14.3. The Morgan fingerprint density at radius 1 is 0.444 bits per heavy atom. The third-order valence-corrected chi connectivity index (χ3v) is 21.1. The summed E-state index contributed by atoms with van der Waals surface area (Å²) in [6.45, 7) is -0.445. The number of aliphatic hydroxyl groups excluding tert-OH is 24. The van der Waals surface area contributed by atoms with Crippen molar-refractivity contribution < 1.29 is 199 Å². The number of ether oxygens (including phenoxy) is 13. The molecule has 574 valence electrons. The molecule has 0 aromatic rings. The van der Waals surface area contributed by atoms with Crippen LogP contribution in [0.4, 0.5) is 0 Å². The summed E-state index contributed by atoms with van der Waals surface area (Å²) in [5.74, 6) is -0.488. The molecule has 0 aromatic heterocycles. The lowest BCUT2D eigenvalue weighted by Gasteiger charge is -2.38. The molecule has 99 heavy (non-hydrogen) atoms. The van der Waals surface area contributed by atoms with E-state index in [0.717, 1.165) is 0 Å². The quantitative estimate of drug-likeness (QED) is 0.100. The molecule has 0 spiro atoms. The molecule has 45 heteroatoms. The number of nitrogens with zero attached hydrogens (tertiary/aromatic N) is 3. The number of nitrogens with one attached hydrogen (secondary N) is 1. The third kappa shape index (κ3) is 13.6. The van der Waals surface area contributed by atoms with Crippen molar-refractivity contribution in [2.45, 2.75) is 212 Å². The zero-order chi connectivity index (χ0) is 73.2. The maximum absolute atomic E-state index is 11.4. The van der Waals surface area contributed by atoms with Gasteiger partial charge in [0.1, 0.15) is 131 Å². The van der Waals surface area contributed by atoms with Crippen LogP contribution in [0.5, 0.6) is 0 Å². The molecule has 16 aliphatic heterocycles. The Labute approximate surface area is 566 Å². The molecule has 0 aromatic carbocycles. The first kappa shape index (κ1) is 80.8. The van der Waals surface area contributed by atoms with Gasteiger partial charge in [0.05, 0.1) is 91.9 Å². The van der Waals surface area contributed by atoms with Crippen LogP contribution in [-0.2, 0) is 76.0 Å². The van der Waals surface area contributed by atoms with Gasteiger partial charge in [0.2, 0.25) is 5.60 Å². The Balaban J connectivity index is 0.000000132. The molecule has 33 atom stereocenters. The molecule has 16 saturated heterocycles. The Kier molecular flexibility index (Phi) is 25.2. The summed E-state index contributed by atoms with van der Waals surface area (Å²) in [5.41, 5.74) is -7.06. The smallest absolute Gasteiger partial charge is 0.260 e. The second-order valence-corrected chi connectivity index (χ2v) is 26.6. The van der Waals surface area contributed by atoms with Gasteiger partial charge in [-0.25, -0.2) is 0 Å². The lowest BCUT2D eigenvalue weighted by Crippen LogP contribution is -2.58. The SMILES string of the molecule is CN1C(=O)[C@]2(CO)O[C@@H](O)[C@@H]1C2O.CN1C(=S)[C@]2(CO)O[C@@H](O)[C@@H]1C2O.CN1C[C@]2(CO)O[C@@H](O)[C@@H](O1)C2O.C[C@@H]1O[C@H]2C(O)[C@@]1(CO)O[C@H]2O.OC[C@]12CCO[C@@H](C1O)[C@H](O)O2.OC[C@]12CNO[C@@H](C1O)[C@H](O)O2.OC[C@]12COCO[C@@H](C1O)[C@H](O)O2.OC[C@]12CO[C@@H](C1O)[C@H](O)O2. The van der Waals surface area contributed by atoms with E-state index in [1.54, 1.807) is 25.9 Å². The van der Waals surface area contributed by atoms with Gasteiger partial charge in [0, 0.05) is 27.6 Å². The standard InChI is InChI=1S/C7H13NO5.C7H11NO5.C7H11NO4S.C7H12O6.2C7H12O5.C6H11NO5.C6H10O5/c1-8-2-7(3-9)5(10)4(13-8)6(11)12-7;1-8-3-4(10)7(2-9,6(8)12)13-5(3)11;1-8-3-4(10)7(2-9,6(8)13)12-5(3)11;8-1-7-2-11-3-12-4(5(7)9)6(10)13-7;1-3-7(2-8)5(9)4(11-3)6(10)12-7;8-3-7-1-2-11-4(5(7)9)6(10)12-7;8-2-6-1-7-12-3(4(6)9)5(10)11-6;7-1-6-2-10-3(4(6)8)5(9)11-6/h4-6,9-11H,2-3H2,1H3;2*3-5,9-11H,2H2,1H3;4-6,8-10H,1-3H2;3-6,8-10H,2H2,1H3;4-6,8-10H,1-3H2;3-5,7-10H,1-2H2;3-5,7-9H,1-2H2/t4-,5?,6+,7+;2*3-,4?,5+,7+;4-,5?,6+,7-;3-,4-,5?,6+,7-;4-,5?,6+,7+;3-,4?,5+,6+;3-,4?,5+,6-/m00000000/s1. The molecule has 0 radical (unpaired) electrons. The van der Waals surface area contributed by atoms with Gasteiger partial charge in [-0.05, 0) is 6.92 Å². The van der Waals surface area contributed by atoms with Crippen LogP contribution in [0.25, 0.3) is 0 Å². The van der Waals surface area contributed by atoms with E-state index in [-0.39, 0.29) is 72.2 Å². The van der Waals surface area contributed by atoms with Gasteiger partial charge in [-0.3, -0.25) is 14.5 Å². The minimum absolute atomic E-state index is 0.0100. The van der Waals surface area contributed by atoms with Crippen LogP contribution in [-0.4, -0.2) is 461 Å². The van der Waals surface area contributed by atoms with Gasteiger partial charge < -0.3 is 194 Å². The predicted molar refractivity (Wildman–Crippen MR) is 309 cm³/mol. The number of thiocarbonyl (C=S) groups is 1. The normalized spacial score (nSPS) is 52.2. The topological polar surface area (TPSA) is 663 Å². The number of likely N-dealkylation sites (tertiary alicyclic amines) is 2. The lowest BCUT2D eigenvalue weighted by atomic mass is 9.91. The summed E-state index contributed by atoms with van der Waals surface area (Å²) in [5, 5.41) is 224. The molecule has 16 heterocycles. The van der Waals surface area contributed by atoms with Crippen LogP contribution in [0, 0.1) is 0 Å². The van der Waals surface area contributed by atoms with Crippen molar-refractivity contribution in [1.29, 1.82) is 0 Å². The fourth-order valence-corrected chi connectivity index (χ4v) is 14.6. The van der Waals surface area contributed by atoms with Gasteiger partial charge in [-0.1, -0.05) is 12.2 Å². The maximum Gasteiger partial charge on any atom is 0.260 e. The van der Waals surface area contributed by atoms with Crippen molar-refractivity contribution in [2.75, 3.05) is 114 Å². The number of morpholine rings is 2. The van der Waals surface area contributed by atoms with Crippen molar-refractivity contribution >= 4 is 23.1 Å². The number of fused-ring (bicyclic) bond motifs is 16. The molecule has 16 rings (SSSR count). The molecule has 44 nitrogen and oxygen atoms in total. The van der Waals surface area contributed by atoms with Gasteiger partial charge in [0.15, 0.2) is 68.1 Å². The largest absolute Gasteiger partial charge is 0.393 e. The summed E-state index contributed by atoms with van der Waals surface area (Å²) >= 11 is 5.00. The number of aliphatic hydroxyl groups is 24. The molecule has 0 aliphatic carbocycles.